The molecule has 0 aromatic heterocycles. The molecule has 2 rings (SSSR count). The average Bonchev–Trinajstić information content (AvgIpc) is 2.38. The van der Waals surface area contributed by atoms with Crippen LogP contribution in [0, 0.1) is 0 Å². The zero-order chi connectivity index (χ0) is 13.0. The fourth-order valence-corrected chi connectivity index (χ4v) is 2.84. The van der Waals surface area contributed by atoms with Gasteiger partial charge < -0.3 is 15.3 Å². The molecule has 0 aliphatic heterocycles. The molecule has 1 aliphatic rings. The molecule has 18 heavy (non-hydrogen) atoms. The van der Waals surface area contributed by atoms with Crippen LogP contribution in [0.15, 0.2) is 24.3 Å². The molecule has 0 spiro atoms. The number of rotatable bonds is 5. The zero-order valence-corrected chi connectivity index (χ0v) is 11.4. The van der Waals surface area contributed by atoms with Crippen LogP contribution in [0.5, 0.6) is 0 Å². The van der Waals surface area contributed by atoms with Crippen molar-refractivity contribution < 1.29 is 5.11 Å². The summed E-state index contributed by atoms with van der Waals surface area (Å²) in [5.41, 5.74) is 2.44. The minimum atomic E-state index is -0.231. The van der Waals surface area contributed by atoms with Crippen molar-refractivity contribution in [1.29, 1.82) is 0 Å². The predicted molar refractivity (Wildman–Crippen MR) is 74.7 cm³/mol. The summed E-state index contributed by atoms with van der Waals surface area (Å²) in [4.78, 5) is 2.16. The number of nitrogens with one attached hydrogen (secondary N) is 1. The van der Waals surface area contributed by atoms with Crippen LogP contribution in [0.4, 0.5) is 0 Å². The van der Waals surface area contributed by atoms with Crippen molar-refractivity contribution in [2.45, 2.75) is 24.8 Å². The van der Waals surface area contributed by atoms with E-state index >= 15 is 0 Å². The lowest BCUT2D eigenvalue weighted by atomic mass is 9.77. The number of benzene rings is 1. The molecule has 100 valence electrons. The second kappa shape index (κ2) is 5.83. The third-order valence-corrected chi connectivity index (χ3v) is 3.87. The van der Waals surface area contributed by atoms with E-state index in [4.69, 9.17) is 0 Å². The van der Waals surface area contributed by atoms with Crippen molar-refractivity contribution in [3.63, 3.8) is 0 Å². The van der Waals surface area contributed by atoms with E-state index < -0.39 is 0 Å². The molecule has 3 heteroatoms. The first-order valence-electron chi connectivity index (χ1n) is 6.77. The molecule has 0 saturated carbocycles. The Morgan fingerprint density at radius 3 is 2.83 bits per heavy atom. The van der Waals surface area contributed by atoms with E-state index in [0.29, 0.717) is 0 Å². The monoisotopic (exact) mass is 248 g/mol. The van der Waals surface area contributed by atoms with Gasteiger partial charge in [0.05, 0.1) is 12.1 Å². The van der Waals surface area contributed by atoms with E-state index in [1.165, 1.54) is 11.1 Å². The summed E-state index contributed by atoms with van der Waals surface area (Å²) in [5, 5.41) is 13.5. The molecule has 1 aliphatic carbocycles. The van der Waals surface area contributed by atoms with Gasteiger partial charge in [0, 0.05) is 13.1 Å². The molecule has 3 nitrogen and oxygen atoms in total. The van der Waals surface area contributed by atoms with Gasteiger partial charge >= 0.3 is 0 Å². The third kappa shape index (κ3) is 2.74. The molecular weight excluding hydrogens is 224 g/mol. The normalized spacial score (nSPS) is 23.1. The number of hydrogen-bond acceptors (Lipinski definition) is 3. The second-order valence-corrected chi connectivity index (χ2v) is 5.48. The number of hydrogen-bond donors (Lipinski definition) is 2. The summed E-state index contributed by atoms with van der Waals surface area (Å²) in [7, 11) is 4.14. The van der Waals surface area contributed by atoms with Crippen LogP contribution in [0.25, 0.3) is 0 Å². The Morgan fingerprint density at radius 1 is 1.33 bits per heavy atom. The summed E-state index contributed by atoms with van der Waals surface area (Å²) in [6, 6.07) is 8.51. The zero-order valence-electron chi connectivity index (χ0n) is 11.4. The maximum Gasteiger partial charge on any atom is 0.0672 e. The lowest BCUT2D eigenvalue weighted by Gasteiger charge is -2.39. The largest absolute Gasteiger partial charge is 0.394 e. The number of aliphatic hydroxyl groups is 1. The van der Waals surface area contributed by atoms with Crippen molar-refractivity contribution >= 4 is 0 Å². The molecule has 0 heterocycles. The van der Waals surface area contributed by atoms with E-state index in [9.17, 15) is 5.11 Å². The maximum absolute atomic E-state index is 9.88. The van der Waals surface area contributed by atoms with E-state index in [2.05, 4.69) is 48.6 Å². The van der Waals surface area contributed by atoms with Crippen molar-refractivity contribution in [2.75, 3.05) is 33.8 Å². The minimum Gasteiger partial charge on any atom is -0.394 e. The molecule has 0 saturated heterocycles. The molecular formula is C15H24N2O. The van der Waals surface area contributed by atoms with Gasteiger partial charge in [-0.25, -0.2) is 0 Å². The van der Waals surface area contributed by atoms with E-state index in [1.807, 2.05) is 0 Å². The number of aliphatic hydroxyl groups excluding tert-OH is 1. The highest BCUT2D eigenvalue weighted by atomic mass is 16.3. The SMILES string of the molecule is CN(C)CCNC1(CO)CCCc2ccccc21. The van der Waals surface area contributed by atoms with Gasteiger partial charge in [-0.15, -0.1) is 0 Å². The molecule has 1 aromatic carbocycles. The van der Waals surface area contributed by atoms with Gasteiger partial charge in [-0.05, 0) is 44.5 Å². The van der Waals surface area contributed by atoms with Gasteiger partial charge in [-0.3, -0.25) is 0 Å². The molecule has 0 fully saturated rings. The summed E-state index contributed by atoms with van der Waals surface area (Å²) in [5.74, 6) is 0. The van der Waals surface area contributed by atoms with Crippen LogP contribution in [-0.4, -0.2) is 43.8 Å². The van der Waals surface area contributed by atoms with Crippen LogP contribution in [0.2, 0.25) is 0 Å². The summed E-state index contributed by atoms with van der Waals surface area (Å²) in [6.45, 7) is 2.07. The number of likely N-dealkylation sites (N-methyl/N-ethyl adjacent to an activating group) is 1. The average molecular weight is 248 g/mol. The standard InChI is InChI=1S/C15H24N2O/c1-17(2)11-10-16-15(12-18)9-5-7-13-6-3-4-8-14(13)15/h3-4,6,8,16,18H,5,7,9-12H2,1-2H3. The number of fused-ring (bicyclic) bond motifs is 1. The predicted octanol–water partition coefficient (Wildman–Crippen LogP) is 1.36. The smallest absolute Gasteiger partial charge is 0.0672 e. The van der Waals surface area contributed by atoms with Crippen molar-refractivity contribution in [2.24, 2.45) is 0 Å². The van der Waals surface area contributed by atoms with Gasteiger partial charge in [0.2, 0.25) is 0 Å². The van der Waals surface area contributed by atoms with Crippen LogP contribution in [0.1, 0.15) is 24.0 Å². The van der Waals surface area contributed by atoms with E-state index in [1.54, 1.807) is 0 Å². The topological polar surface area (TPSA) is 35.5 Å². The quantitative estimate of drug-likeness (QED) is 0.826. The van der Waals surface area contributed by atoms with Crippen molar-refractivity contribution in [3.05, 3.63) is 35.4 Å². The Hall–Kier alpha value is -0.900. The summed E-state index contributed by atoms with van der Waals surface area (Å²) >= 11 is 0. The second-order valence-electron chi connectivity index (χ2n) is 5.48. The van der Waals surface area contributed by atoms with Crippen molar-refractivity contribution in [3.8, 4) is 0 Å². The van der Waals surface area contributed by atoms with Gasteiger partial charge in [-0.2, -0.15) is 0 Å². The minimum absolute atomic E-state index is 0.178. The fourth-order valence-electron chi connectivity index (χ4n) is 2.84. The molecule has 1 aromatic rings. The van der Waals surface area contributed by atoms with E-state index in [-0.39, 0.29) is 12.1 Å². The Kier molecular flexibility index (Phi) is 4.38. The fraction of sp³-hybridized carbons (Fsp3) is 0.600. The first kappa shape index (κ1) is 13.5. The van der Waals surface area contributed by atoms with Crippen LogP contribution in [-0.2, 0) is 12.0 Å². The van der Waals surface area contributed by atoms with Crippen LogP contribution < -0.4 is 5.32 Å². The molecule has 1 atom stereocenters. The highest BCUT2D eigenvalue weighted by Gasteiger charge is 2.35. The Balaban J connectivity index is 2.17. The Labute approximate surface area is 110 Å². The number of nitrogens with zero attached hydrogens (tertiary/aromatic N) is 1. The third-order valence-electron chi connectivity index (χ3n) is 3.87. The highest BCUT2D eigenvalue weighted by Crippen LogP contribution is 2.34. The van der Waals surface area contributed by atoms with Gasteiger partial charge in [0.25, 0.3) is 0 Å². The highest BCUT2D eigenvalue weighted by molar-refractivity contribution is 5.36. The molecule has 0 radical (unpaired) electrons. The summed E-state index contributed by atoms with van der Waals surface area (Å²) in [6.07, 6.45) is 3.30. The lowest BCUT2D eigenvalue weighted by molar-refractivity contribution is 0.139. The Bertz CT molecular complexity index is 392. The van der Waals surface area contributed by atoms with Crippen LogP contribution in [0.3, 0.4) is 0 Å². The maximum atomic E-state index is 9.88. The number of aryl methyl sites for hydroxylation is 1. The Morgan fingerprint density at radius 2 is 2.11 bits per heavy atom. The van der Waals surface area contributed by atoms with Crippen LogP contribution >= 0.6 is 0 Å². The van der Waals surface area contributed by atoms with E-state index in [0.717, 1.165) is 32.4 Å². The first-order valence-corrected chi connectivity index (χ1v) is 6.77. The molecule has 1 unspecified atom stereocenters. The van der Waals surface area contributed by atoms with Gasteiger partial charge in [0.15, 0.2) is 0 Å². The van der Waals surface area contributed by atoms with Gasteiger partial charge in [-0.1, -0.05) is 24.3 Å². The molecule has 0 bridgehead atoms. The molecule has 0 amide bonds. The summed E-state index contributed by atoms with van der Waals surface area (Å²) < 4.78 is 0. The van der Waals surface area contributed by atoms with Gasteiger partial charge in [0.1, 0.15) is 0 Å². The first-order chi connectivity index (χ1) is 8.68. The van der Waals surface area contributed by atoms with Crippen molar-refractivity contribution in [1.82, 2.24) is 10.2 Å². The molecule has 2 N–H and O–H groups in total. The lowest BCUT2D eigenvalue weighted by Crippen LogP contribution is -2.49.